The van der Waals surface area contributed by atoms with Crippen molar-refractivity contribution < 1.29 is 9.18 Å². The highest BCUT2D eigenvalue weighted by molar-refractivity contribution is 6.07. The van der Waals surface area contributed by atoms with Crippen LogP contribution in [-0.4, -0.2) is 21.9 Å². The lowest BCUT2D eigenvalue weighted by molar-refractivity contribution is 0.103. The molecule has 1 heterocycles. The molecule has 2 aromatic rings. The molecule has 0 saturated carbocycles. The molecule has 88 valence electrons. The molecule has 0 saturated heterocycles. The highest BCUT2D eigenvalue weighted by atomic mass is 19.1. The second-order valence-electron chi connectivity index (χ2n) is 3.59. The van der Waals surface area contributed by atoms with Crippen LogP contribution in [0.4, 0.5) is 4.39 Å². The van der Waals surface area contributed by atoms with E-state index in [4.69, 9.17) is 5.73 Å². The van der Waals surface area contributed by atoms with Gasteiger partial charge in [-0.15, -0.1) is 0 Å². The maximum Gasteiger partial charge on any atom is 0.215 e. The Morgan fingerprint density at radius 3 is 2.88 bits per heavy atom. The van der Waals surface area contributed by atoms with Crippen molar-refractivity contribution in [2.24, 2.45) is 5.73 Å². The minimum atomic E-state index is -0.536. The van der Waals surface area contributed by atoms with Crippen LogP contribution in [0.25, 0.3) is 0 Å². The van der Waals surface area contributed by atoms with Crippen LogP contribution in [0, 0.1) is 5.82 Å². The van der Waals surface area contributed by atoms with Crippen molar-refractivity contribution in [1.29, 1.82) is 0 Å². The third-order valence-corrected chi connectivity index (χ3v) is 2.37. The summed E-state index contributed by atoms with van der Waals surface area (Å²) >= 11 is 0. The normalized spacial score (nSPS) is 10.5. The molecule has 4 nitrogen and oxygen atoms in total. The van der Waals surface area contributed by atoms with Gasteiger partial charge >= 0.3 is 0 Å². The van der Waals surface area contributed by atoms with Gasteiger partial charge in [-0.1, -0.05) is 12.1 Å². The van der Waals surface area contributed by atoms with Crippen molar-refractivity contribution in [1.82, 2.24) is 9.55 Å². The molecule has 0 spiro atoms. The molecule has 17 heavy (non-hydrogen) atoms. The third kappa shape index (κ3) is 2.39. The fourth-order valence-corrected chi connectivity index (χ4v) is 1.53. The maximum atomic E-state index is 13.4. The lowest BCUT2D eigenvalue weighted by Gasteiger charge is -1.99. The molecule has 0 aliphatic carbocycles. The summed E-state index contributed by atoms with van der Waals surface area (Å²) in [6.45, 7) is 1.04. The van der Waals surface area contributed by atoms with E-state index in [0.29, 0.717) is 13.1 Å². The molecule has 0 atom stereocenters. The van der Waals surface area contributed by atoms with Crippen molar-refractivity contribution in [3.63, 3.8) is 0 Å². The number of aromatic nitrogens is 2. The minimum absolute atomic E-state index is 0.0329. The molecule has 2 rings (SSSR count). The van der Waals surface area contributed by atoms with E-state index in [1.54, 1.807) is 22.9 Å². The van der Waals surface area contributed by atoms with E-state index in [1.807, 2.05) is 0 Å². The second-order valence-corrected chi connectivity index (χ2v) is 3.59. The van der Waals surface area contributed by atoms with E-state index < -0.39 is 11.6 Å². The van der Waals surface area contributed by atoms with Crippen molar-refractivity contribution in [2.75, 3.05) is 6.54 Å². The van der Waals surface area contributed by atoms with Gasteiger partial charge in [0.05, 0.1) is 11.9 Å². The fourth-order valence-electron chi connectivity index (χ4n) is 1.53. The van der Waals surface area contributed by atoms with Crippen LogP contribution >= 0.6 is 0 Å². The van der Waals surface area contributed by atoms with Gasteiger partial charge in [0.2, 0.25) is 5.78 Å². The summed E-state index contributed by atoms with van der Waals surface area (Å²) in [4.78, 5) is 15.9. The molecule has 2 N–H and O–H groups in total. The first kappa shape index (κ1) is 11.5. The van der Waals surface area contributed by atoms with Crippen LogP contribution in [-0.2, 0) is 6.54 Å². The highest BCUT2D eigenvalue weighted by Crippen LogP contribution is 2.11. The van der Waals surface area contributed by atoms with Crippen LogP contribution in [0.5, 0.6) is 0 Å². The van der Waals surface area contributed by atoms with Crippen molar-refractivity contribution >= 4 is 5.78 Å². The van der Waals surface area contributed by atoms with Crippen LogP contribution in [0.3, 0.4) is 0 Å². The third-order valence-electron chi connectivity index (χ3n) is 2.37. The molecular formula is C12H12FN3O. The Bertz CT molecular complexity index is 536. The lowest BCUT2D eigenvalue weighted by Crippen LogP contribution is -2.08. The topological polar surface area (TPSA) is 60.9 Å². The van der Waals surface area contributed by atoms with Crippen molar-refractivity contribution in [3.8, 4) is 0 Å². The number of benzene rings is 1. The number of hydrogen-bond donors (Lipinski definition) is 1. The Morgan fingerprint density at radius 2 is 2.18 bits per heavy atom. The number of carbonyl (C=O) groups excluding carboxylic acids is 1. The molecule has 5 heteroatoms. The Balaban J connectivity index is 2.28. The lowest BCUT2D eigenvalue weighted by atomic mass is 10.1. The standard InChI is InChI=1S/C12H12FN3O/c13-10-4-2-1-3-9(10)12(17)11-7-16(6-5-14)8-15-11/h1-4,7-8H,5-6,14H2. The number of ketones is 1. The number of imidazole rings is 1. The Labute approximate surface area is 97.9 Å². The van der Waals surface area contributed by atoms with E-state index in [2.05, 4.69) is 4.98 Å². The summed E-state index contributed by atoms with van der Waals surface area (Å²) < 4.78 is 15.1. The molecule has 1 aromatic heterocycles. The van der Waals surface area contributed by atoms with Gasteiger partial charge in [-0.2, -0.15) is 0 Å². The minimum Gasteiger partial charge on any atom is -0.335 e. The SMILES string of the molecule is NCCn1cnc(C(=O)c2ccccc2F)c1. The zero-order valence-electron chi connectivity index (χ0n) is 9.14. The monoisotopic (exact) mass is 233 g/mol. The zero-order chi connectivity index (χ0) is 12.3. The largest absolute Gasteiger partial charge is 0.335 e. The van der Waals surface area contributed by atoms with Crippen LogP contribution in [0.2, 0.25) is 0 Å². The van der Waals surface area contributed by atoms with E-state index >= 15 is 0 Å². The van der Waals surface area contributed by atoms with E-state index in [9.17, 15) is 9.18 Å². The van der Waals surface area contributed by atoms with Gasteiger partial charge in [0.15, 0.2) is 0 Å². The summed E-state index contributed by atoms with van der Waals surface area (Å²) in [5.41, 5.74) is 5.65. The molecule has 1 aromatic carbocycles. The molecule has 0 fully saturated rings. The van der Waals surface area contributed by atoms with Crippen LogP contribution in [0.1, 0.15) is 16.1 Å². The van der Waals surface area contributed by atoms with Crippen molar-refractivity contribution in [2.45, 2.75) is 6.54 Å². The molecule has 0 aliphatic rings. The Morgan fingerprint density at radius 1 is 1.41 bits per heavy atom. The zero-order valence-corrected chi connectivity index (χ0v) is 9.14. The molecular weight excluding hydrogens is 221 g/mol. The summed E-state index contributed by atoms with van der Waals surface area (Å²) in [5, 5.41) is 0. The summed E-state index contributed by atoms with van der Waals surface area (Å²) in [6, 6.07) is 5.86. The average molecular weight is 233 g/mol. The fraction of sp³-hybridized carbons (Fsp3) is 0.167. The number of carbonyl (C=O) groups is 1. The first-order valence-electron chi connectivity index (χ1n) is 5.23. The predicted octanol–water partition coefficient (Wildman–Crippen LogP) is 1.21. The smallest absolute Gasteiger partial charge is 0.215 e. The van der Waals surface area contributed by atoms with Gasteiger partial charge in [0, 0.05) is 19.3 Å². The van der Waals surface area contributed by atoms with Gasteiger partial charge < -0.3 is 10.3 Å². The second kappa shape index (κ2) is 4.88. The number of hydrogen-bond acceptors (Lipinski definition) is 3. The van der Waals surface area contributed by atoms with Gasteiger partial charge in [-0.25, -0.2) is 9.37 Å². The Kier molecular flexibility index (Phi) is 3.30. The van der Waals surface area contributed by atoms with E-state index in [0.717, 1.165) is 0 Å². The van der Waals surface area contributed by atoms with E-state index in [1.165, 1.54) is 18.5 Å². The van der Waals surface area contributed by atoms with Crippen molar-refractivity contribution in [3.05, 3.63) is 53.9 Å². The van der Waals surface area contributed by atoms with Crippen LogP contribution < -0.4 is 5.73 Å². The van der Waals surface area contributed by atoms with Gasteiger partial charge in [-0.3, -0.25) is 4.79 Å². The Hall–Kier alpha value is -2.01. The highest BCUT2D eigenvalue weighted by Gasteiger charge is 2.15. The van der Waals surface area contributed by atoms with Gasteiger partial charge in [0.25, 0.3) is 0 Å². The molecule has 0 unspecified atom stereocenters. The predicted molar refractivity (Wildman–Crippen MR) is 61.1 cm³/mol. The molecule has 0 aliphatic heterocycles. The molecule has 0 bridgehead atoms. The number of rotatable bonds is 4. The molecule has 0 amide bonds. The number of nitrogens with two attached hydrogens (primary N) is 1. The van der Waals surface area contributed by atoms with Gasteiger partial charge in [0.1, 0.15) is 11.5 Å². The number of nitrogens with zero attached hydrogens (tertiary/aromatic N) is 2. The average Bonchev–Trinajstić information content (AvgIpc) is 2.78. The van der Waals surface area contributed by atoms with E-state index in [-0.39, 0.29) is 11.3 Å². The number of halogens is 1. The summed E-state index contributed by atoms with van der Waals surface area (Å²) in [6.07, 6.45) is 3.09. The van der Waals surface area contributed by atoms with Crippen LogP contribution in [0.15, 0.2) is 36.8 Å². The first-order valence-corrected chi connectivity index (χ1v) is 5.23. The molecule has 0 radical (unpaired) electrons. The summed E-state index contributed by atoms with van der Waals surface area (Å²) in [7, 11) is 0. The maximum absolute atomic E-state index is 13.4. The first-order chi connectivity index (χ1) is 8.22. The quantitative estimate of drug-likeness (QED) is 0.807. The van der Waals surface area contributed by atoms with Gasteiger partial charge in [-0.05, 0) is 12.1 Å². The summed E-state index contributed by atoms with van der Waals surface area (Å²) in [5.74, 6) is -0.954.